The van der Waals surface area contributed by atoms with Gasteiger partial charge in [-0.15, -0.1) is 0 Å². The number of hydrogen-bond acceptors (Lipinski definition) is 5. The van der Waals surface area contributed by atoms with Crippen LogP contribution in [0.2, 0.25) is 5.02 Å². The third-order valence-corrected chi connectivity index (χ3v) is 4.48. The summed E-state index contributed by atoms with van der Waals surface area (Å²) >= 11 is 5.79. The third-order valence-electron chi connectivity index (χ3n) is 4.21. The molecule has 0 aliphatic carbocycles. The minimum absolute atomic E-state index is 0.155. The first kappa shape index (κ1) is 25.1. The van der Waals surface area contributed by atoms with Crippen LogP contribution in [0.1, 0.15) is 18.1 Å². The predicted molar refractivity (Wildman–Crippen MR) is 109 cm³/mol. The Morgan fingerprint density at radius 3 is 2.24 bits per heavy atom. The normalized spacial score (nSPS) is 12.7. The highest BCUT2D eigenvalue weighted by atomic mass is 35.5. The molecule has 0 bridgehead atoms. The fraction of sp³-hybridized carbons (Fsp3) is 0.190. The summed E-state index contributed by atoms with van der Waals surface area (Å²) in [5.41, 5.74) is -2.14. The third kappa shape index (κ3) is 6.28. The quantitative estimate of drug-likeness (QED) is 0.394. The van der Waals surface area contributed by atoms with Crippen molar-refractivity contribution in [1.82, 2.24) is 9.97 Å². The van der Waals surface area contributed by atoms with E-state index in [2.05, 4.69) is 15.3 Å². The second-order valence-electron chi connectivity index (χ2n) is 6.73. The Morgan fingerprint density at radius 2 is 1.65 bits per heavy atom. The minimum Gasteiger partial charge on any atom is -0.481 e. The maximum absolute atomic E-state index is 13.0. The van der Waals surface area contributed by atoms with Crippen molar-refractivity contribution in [2.75, 3.05) is 5.32 Å². The highest BCUT2D eigenvalue weighted by Crippen LogP contribution is 2.35. The van der Waals surface area contributed by atoms with E-state index in [-0.39, 0.29) is 22.4 Å². The second kappa shape index (κ2) is 9.75. The number of nitrogens with one attached hydrogen (secondary N) is 1. The van der Waals surface area contributed by atoms with Crippen LogP contribution in [-0.4, -0.2) is 22.0 Å². The fourth-order valence-electron chi connectivity index (χ4n) is 2.56. The number of ether oxygens (including phenoxy) is 2. The van der Waals surface area contributed by atoms with Crippen molar-refractivity contribution in [3.8, 4) is 17.4 Å². The molecule has 180 valence electrons. The number of rotatable bonds is 6. The van der Waals surface area contributed by atoms with Gasteiger partial charge in [0.05, 0.1) is 11.1 Å². The van der Waals surface area contributed by atoms with E-state index < -0.39 is 41.3 Å². The molecule has 0 aliphatic heterocycles. The summed E-state index contributed by atoms with van der Waals surface area (Å²) in [6.07, 6.45) is -8.83. The fourth-order valence-corrected chi connectivity index (χ4v) is 2.77. The van der Waals surface area contributed by atoms with Gasteiger partial charge in [-0.1, -0.05) is 11.6 Å². The summed E-state index contributed by atoms with van der Waals surface area (Å²) in [6, 6.07) is 8.04. The molecule has 1 amide bonds. The van der Waals surface area contributed by atoms with E-state index in [1.165, 1.54) is 31.2 Å². The van der Waals surface area contributed by atoms with E-state index in [0.717, 1.165) is 18.3 Å². The standard InChI is InChI=1S/C21H14ClF6N3O3/c1-11(18(32)31-17-15(21(26,27)28)3-2-8-29-17)33-13-4-6-14(7-5-13)34-19-16(22)9-12(10-30-19)20(23,24)25/h2-11H,1H3,(H,29,31,32)/t11-/m1/s1. The molecule has 0 saturated heterocycles. The Bertz CT molecular complexity index is 1170. The van der Waals surface area contributed by atoms with E-state index in [4.69, 9.17) is 21.1 Å². The summed E-state index contributed by atoms with van der Waals surface area (Å²) in [5, 5.41) is 1.73. The smallest absolute Gasteiger partial charge is 0.419 e. The van der Waals surface area contributed by atoms with E-state index in [1.54, 1.807) is 0 Å². The van der Waals surface area contributed by atoms with Crippen LogP contribution >= 0.6 is 11.6 Å². The molecule has 1 atom stereocenters. The molecule has 3 rings (SSSR count). The van der Waals surface area contributed by atoms with E-state index in [0.29, 0.717) is 12.3 Å². The van der Waals surface area contributed by atoms with Gasteiger partial charge in [0.1, 0.15) is 22.3 Å². The molecule has 0 fully saturated rings. The number of hydrogen-bond donors (Lipinski definition) is 1. The van der Waals surface area contributed by atoms with Gasteiger partial charge in [0.2, 0.25) is 5.88 Å². The van der Waals surface area contributed by atoms with Crippen molar-refractivity contribution in [1.29, 1.82) is 0 Å². The van der Waals surface area contributed by atoms with Crippen LogP contribution in [0.15, 0.2) is 54.9 Å². The van der Waals surface area contributed by atoms with Crippen LogP contribution < -0.4 is 14.8 Å². The molecule has 1 N–H and O–H groups in total. The Hall–Kier alpha value is -3.54. The monoisotopic (exact) mass is 505 g/mol. The zero-order chi connectivity index (χ0) is 25.1. The lowest BCUT2D eigenvalue weighted by Gasteiger charge is -2.17. The molecule has 0 saturated carbocycles. The molecule has 0 aliphatic rings. The number of benzene rings is 1. The zero-order valence-corrected chi connectivity index (χ0v) is 17.8. The van der Waals surface area contributed by atoms with Gasteiger partial charge in [0, 0.05) is 12.4 Å². The lowest BCUT2D eigenvalue weighted by atomic mass is 10.2. The van der Waals surface area contributed by atoms with Crippen LogP contribution in [0.4, 0.5) is 32.2 Å². The van der Waals surface area contributed by atoms with Crippen LogP contribution in [0.3, 0.4) is 0 Å². The van der Waals surface area contributed by atoms with Gasteiger partial charge >= 0.3 is 12.4 Å². The topological polar surface area (TPSA) is 73.3 Å². The molecule has 0 radical (unpaired) electrons. The molecule has 13 heteroatoms. The summed E-state index contributed by atoms with van der Waals surface area (Å²) in [5.74, 6) is -1.46. The Labute approximate surface area is 193 Å². The van der Waals surface area contributed by atoms with Gasteiger partial charge in [-0.05, 0) is 49.4 Å². The molecule has 1 aromatic carbocycles. The maximum Gasteiger partial charge on any atom is 0.419 e. The number of nitrogens with zero attached hydrogens (tertiary/aromatic N) is 2. The summed E-state index contributed by atoms with van der Waals surface area (Å²) in [7, 11) is 0. The van der Waals surface area contributed by atoms with Gasteiger partial charge < -0.3 is 14.8 Å². The molecule has 3 aromatic rings. The van der Waals surface area contributed by atoms with Gasteiger partial charge in [-0.25, -0.2) is 9.97 Å². The SMILES string of the molecule is C[C@@H](Oc1ccc(Oc2ncc(C(F)(F)F)cc2Cl)cc1)C(=O)Nc1ncccc1C(F)(F)F. The summed E-state index contributed by atoms with van der Waals surface area (Å²) < 4.78 is 88.0. The number of alkyl halides is 6. The molecule has 0 spiro atoms. The Kier molecular flexibility index (Phi) is 7.20. The number of pyridine rings is 2. The number of amides is 1. The second-order valence-corrected chi connectivity index (χ2v) is 7.14. The van der Waals surface area contributed by atoms with Gasteiger partial charge in [-0.2, -0.15) is 26.3 Å². The van der Waals surface area contributed by atoms with Crippen LogP contribution in [0.5, 0.6) is 17.4 Å². The predicted octanol–water partition coefficient (Wildman–Crippen LogP) is 6.37. The van der Waals surface area contributed by atoms with E-state index in [1.807, 2.05) is 0 Å². The maximum atomic E-state index is 13.0. The molecular formula is C21H14ClF6N3O3. The molecule has 34 heavy (non-hydrogen) atoms. The number of carbonyl (C=O) groups is 1. The summed E-state index contributed by atoms with van der Waals surface area (Å²) in [4.78, 5) is 19.4. The van der Waals surface area contributed by atoms with Gasteiger partial charge in [0.15, 0.2) is 6.10 Å². The first-order valence-corrected chi connectivity index (χ1v) is 9.73. The zero-order valence-electron chi connectivity index (χ0n) is 17.0. The lowest BCUT2D eigenvalue weighted by Crippen LogP contribution is -2.31. The minimum atomic E-state index is -4.71. The van der Waals surface area contributed by atoms with Crippen molar-refractivity contribution < 1.29 is 40.6 Å². The molecule has 6 nitrogen and oxygen atoms in total. The average molecular weight is 506 g/mol. The molecule has 2 heterocycles. The molecular weight excluding hydrogens is 492 g/mol. The molecule has 0 unspecified atom stereocenters. The largest absolute Gasteiger partial charge is 0.481 e. The Morgan fingerprint density at radius 1 is 1.00 bits per heavy atom. The Balaban J connectivity index is 1.63. The van der Waals surface area contributed by atoms with Crippen LogP contribution in [0, 0.1) is 0 Å². The highest BCUT2D eigenvalue weighted by Gasteiger charge is 2.35. The first-order valence-electron chi connectivity index (χ1n) is 9.35. The highest BCUT2D eigenvalue weighted by molar-refractivity contribution is 6.31. The van der Waals surface area contributed by atoms with Crippen molar-refractivity contribution >= 4 is 23.3 Å². The van der Waals surface area contributed by atoms with Crippen LogP contribution in [-0.2, 0) is 17.1 Å². The number of halogens is 7. The van der Waals surface area contributed by atoms with E-state index in [9.17, 15) is 31.1 Å². The first-order chi connectivity index (χ1) is 15.8. The number of carbonyl (C=O) groups excluding carboxylic acids is 1. The van der Waals surface area contributed by atoms with Gasteiger partial charge in [-0.3, -0.25) is 4.79 Å². The van der Waals surface area contributed by atoms with Gasteiger partial charge in [0.25, 0.3) is 5.91 Å². The van der Waals surface area contributed by atoms with Crippen molar-refractivity contribution in [3.05, 3.63) is 71.0 Å². The number of anilines is 1. The molecule has 2 aromatic heterocycles. The lowest BCUT2D eigenvalue weighted by molar-refractivity contribution is -0.138. The average Bonchev–Trinajstić information content (AvgIpc) is 2.75. The van der Waals surface area contributed by atoms with Crippen LogP contribution in [0.25, 0.3) is 0 Å². The van der Waals surface area contributed by atoms with Crippen molar-refractivity contribution in [2.24, 2.45) is 0 Å². The van der Waals surface area contributed by atoms with Crippen molar-refractivity contribution in [2.45, 2.75) is 25.4 Å². The van der Waals surface area contributed by atoms with E-state index >= 15 is 0 Å². The van der Waals surface area contributed by atoms with Crippen molar-refractivity contribution in [3.63, 3.8) is 0 Å². The summed E-state index contributed by atoms with van der Waals surface area (Å²) in [6.45, 7) is 1.32. The number of aromatic nitrogens is 2.